The molecule has 0 spiro atoms. The smallest absolute Gasteiger partial charge is 0.418 e. The molecule has 0 bridgehead atoms. The van der Waals surface area contributed by atoms with Gasteiger partial charge in [-0.1, -0.05) is 18.2 Å². The van der Waals surface area contributed by atoms with Gasteiger partial charge in [-0.25, -0.2) is 17.6 Å². The highest BCUT2D eigenvalue weighted by atomic mass is 32.2. The third kappa shape index (κ3) is 4.70. The van der Waals surface area contributed by atoms with E-state index in [4.69, 9.17) is 9.84 Å². The summed E-state index contributed by atoms with van der Waals surface area (Å²) in [4.78, 5) is 9.11. The van der Waals surface area contributed by atoms with E-state index >= 15 is 0 Å². The summed E-state index contributed by atoms with van der Waals surface area (Å²) >= 11 is 0. The van der Waals surface area contributed by atoms with Gasteiger partial charge >= 0.3 is 12.1 Å². The molecule has 0 aliphatic heterocycles. The largest absolute Gasteiger partial charge is 0.507 e. The summed E-state index contributed by atoms with van der Waals surface area (Å²) in [6.45, 7) is -1.12. The number of halogens is 4. The van der Waals surface area contributed by atoms with Crippen LogP contribution in [0.4, 0.5) is 17.6 Å². The molecule has 33 heavy (non-hydrogen) atoms. The summed E-state index contributed by atoms with van der Waals surface area (Å²) in [5.41, 5.74) is -4.02. The van der Waals surface area contributed by atoms with Gasteiger partial charge in [-0.2, -0.15) is 13.2 Å². The fourth-order valence-corrected chi connectivity index (χ4v) is 4.63. The highest BCUT2D eigenvalue weighted by Gasteiger charge is 2.43. The highest BCUT2D eigenvalue weighted by Crippen LogP contribution is 2.51. The minimum atomic E-state index is -5.39. The van der Waals surface area contributed by atoms with Gasteiger partial charge in [0, 0.05) is 17.7 Å². The van der Waals surface area contributed by atoms with Crippen LogP contribution in [0.2, 0.25) is 0 Å². The maximum atomic E-state index is 14.2. The molecular formula is C21H14F4O7S. The van der Waals surface area contributed by atoms with Crippen molar-refractivity contribution < 1.29 is 50.8 Å². The molecule has 7 nitrogen and oxygen atoms in total. The zero-order valence-corrected chi connectivity index (χ0v) is 17.1. The minimum Gasteiger partial charge on any atom is -0.507 e. The Bertz CT molecular complexity index is 1320. The zero-order valence-electron chi connectivity index (χ0n) is 16.3. The molecule has 0 saturated heterocycles. The van der Waals surface area contributed by atoms with Crippen LogP contribution in [0.15, 0.2) is 64.4 Å². The molecule has 3 rings (SSSR count). The fourth-order valence-electron chi connectivity index (χ4n) is 3.13. The van der Waals surface area contributed by atoms with E-state index in [1.807, 2.05) is 0 Å². The van der Waals surface area contributed by atoms with Crippen LogP contribution in [-0.2, 0) is 20.8 Å². The number of phenols is 2. The second kappa shape index (κ2) is 8.62. The summed E-state index contributed by atoms with van der Waals surface area (Å²) in [5, 5.41) is 29.3. The average Bonchev–Trinajstić information content (AvgIpc) is 2.72. The maximum Gasteiger partial charge on any atom is 0.418 e. The van der Waals surface area contributed by atoms with Gasteiger partial charge in [-0.15, -0.1) is 0 Å². The Hall–Kier alpha value is -3.80. The number of ether oxygens (including phenoxy) is 1. The van der Waals surface area contributed by atoms with E-state index in [9.17, 15) is 41.0 Å². The number of carbonyl (C=O) groups is 1. The van der Waals surface area contributed by atoms with Crippen LogP contribution in [-0.4, -0.2) is 36.3 Å². The molecule has 3 aromatic rings. The van der Waals surface area contributed by atoms with Gasteiger partial charge < -0.3 is 20.1 Å². The predicted octanol–water partition coefficient (Wildman–Crippen LogP) is 4.22. The number of alkyl halides is 3. The molecule has 0 radical (unpaired) electrons. The number of sulfone groups is 1. The first kappa shape index (κ1) is 23.9. The van der Waals surface area contributed by atoms with Crippen molar-refractivity contribution in [3.63, 3.8) is 0 Å². The van der Waals surface area contributed by atoms with E-state index in [1.165, 1.54) is 18.2 Å². The van der Waals surface area contributed by atoms with E-state index in [0.29, 0.717) is 24.3 Å². The van der Waals surface area contributed by atoms with Crippen molar-refractivity contribution in [2.45, 2.75) is 16.0 Å². The lowest BCUT2D eigenvalue weighted by atomic mass is 9.96. The maximum absolute atomic E-state index is 14.2. The lowest BCUT2D eigenvalue weighted by Crippen LogP contribution is -2.16. The van der Waals surface area contributed by atoms with Crippen LogP contribution in [0.3, 0.4) is 0 Å². The van der Waals surface area contributed by atoms with Crippen molar-refractivity contribution in [2.75, 3.05) is 6.61 Å². The zero-order chi connectivity index (χ0) is 24.6. The van der Waals surface area contributed by atoms with E-state index < -0.39 is 78.1 Å². The molecule has 0 aromatic heterocycles. The molecule has 3 aromatic carbocycles. The average molecular weight is 486 g/mol. The summed E-state index contributed by atoms with van der Waals surface area (Å²) in [7, 11) is -4.78. The van der Waals surface area contributed by atoms with Crippen molar-refractivity contribution in [3.05, 3.63) is 66.0 Å². The molecule has 0 aliphatic rings. The third-order valence-corrected chi connectivity index (χ3v) is 6.23. The fraction of sp³-hybridized carbons (Fsp3) is 0.0952. The number of aliphatic carboxylic acids is 1. The number of carboxylic acids is 1. The Labute approximate surface area is 184 Å². The van der Waals surface area contributed by atoms with Gasteiger partial charge in [0.2, 0.25) is 9.84 Å². The second-order valence-electron chi connectivity index (χ2n) is 6.63. The van der Waals surface area contributed by atoms with Crippen LogP contribution in [0, 0.1) is 5.82 Å². The van der Waals surface area contributed by atoms with Crippen LogP contribution in [0.5, 0.6) is 17.2 Å². The minimum absolute atomic E-state index is 0.404. The molecule has 0 amide bonds. The number of rotatable bonds is 6. The van der Waals surface area contributed by atoms with E-state index in [0.717, 1.165) is 12.1 Å². The standard InChI is InChI=1S/C21H14F4O7S/c22-11-8-14(27)18(15(9-11)32-10-17(28)29)19-13(26)6-7-16(20(19)21(23,24)25)33(30,31)12-4-2-1-3-5-12/h1-9,26-27H,10H2,(H,28,29). The van der Waals surface area contributed by atoms with Gasteiger partial charge in [0.25, 0.3) is 0 Å². The Morgan fingerprint density at radius 3 is 2.15 bits per heavy atom. The lowest BCUT2D eigenvalue weighted by Gasteiger charge is -2.21. The molecule has 0 unspecified atom stereocenters. The Morgan fingerprint density at radius 2 is 1.58 bits per heavy atom. The Kier molecular flexibility index (Phi) is 6.23. The number of benzene rings is 3. The van der Waals surface area contributed by atoms with Crippen LogP contribution < -0.4 is 4.74 Å². The SMILES string of the molecule is O=C(O)COc1cc(F)cc(O)c1-c1c(O)ccc(S(=O)(=O)c2ccccc2)c1C(F)(F)F. The van der Waals surface area contributed by atoms with E-state index in [1.54, 1.807) is 0 Å². The summed E-state index contributed by atoms with van der Waals surface area (Å²) in [6.07, 6.45) is -5.39. The van der Waals surface area contributed by atoms with Gasteiger partial charge in [-0.3, -0.25) is 0 Å². The lowest BCUT2D eigenvalue weighted by molar-refractivity contribution is -0.140. The Morgan fingerprint density at radius 1 is 0.939 bits per heavy atom. The first-order chi connectivity index (χ1) is 15.3. The number of phenolic OH excluding ortho intramolecular Hbond substituents is 2. The monoisotopic (exact) mass is 486 g/mol. The van der Waals surface area contributed by atoms with Crippen molar-refractivity contribution >= 4 is 15.8 Å². The normalized spacial score (nSPS) is 11.9. The first-order valence-electron chi connectivity index (χ1n) is 8.94. The number of hydrogen-bond donors (Lipinski definition) is 3. The van der Waals surface area contributed by atoms with Gasteiger partial charge in [0.1, 0.15) is 23.1 Å². The van der Waals surface area contributed by atoms with Gasteiger partial charge in [-0.05, 0) is 24.3 Å². The molecule has 12 heteroatoms. The molecule has 0 heterocycles. The van der Waals surface area contributed by atoms with E-state index in [-0.39, 0.29) is 0 Å². The van der Waals surface area contributed by atoms with Crippen molar-refractivity contribution in [3.8, 4) is 28.4 Å². The van der Waals surface area contributed by atoms with Crippen molar-refractivity contribution in [1.82, 2.24) is 0 Å². The molecule has 0 fully saturated rings. The van der Waals surface area contributed by atoms with Gasteiger partial charge in [0.05, 0.1) is 20.9 Å². The van der Waals surface area contributed by atoms with Crippen LogP contribution in [0.1, 0.15) is 5.56 Å². The number of hydrogen-bond acceptors (Lipinski definition) is 6. The third-order valence-electron chi connectivity index (χ3n) is 4.42. The molecule has 0 saturated carbocycles. The quantitative estimate of drug-likeness (QED) is 0.446. The number of carboxylic acid groups (broad SMARTS) is 1. The number of aromatic hydroxyl groups is 2. The first-order valence-corrected chi connectivity index (χ1v) is 10.4. The van der Waals surface area contributed by atoms with E-state index in [2.05, 4.69) is 0 Å². The molecular weight excluding hydrogens is 472 g/mol. The molecule has 3 N–H and O–H groups in total. The van der Waals surface area contributed by atoms with Crippen LogP contribution >= 0.6 is 0 Å². The summed E-state index contributed by atoms with van der Waals surface area (Å²) in [6, 6.07) is 8.28. The van der Waals surface area contributed by atoms with Crippen molar-refractivity contribution in [2.24, 2.45) is 0 Å². The topological polar surface area (TPSA) is 121 Å². The molecule has 174 valence electrons. The highest BCUT2D eigenvalue weighted by molar-refractivity contribution is 7.91. The predicted molar refractivity (Wildman–Crippen MR) is 105 cm³/mol. The van der Waals surface area contributed by atoms with Gasteiger partial charge in [0.15, 0.2) is 6.61 Å². The second-order valence-corrected chi connectivity index (χ2v) is 8.55. The molecule has 0 aliphatic carbocycles. The van der Waals surface area contributed by atoms with Crippen molar-refractivity contribution in [1.29, 1.82) is 0 Å². The Balaban J connectivity index is 2.43. The molecule has 0 atom stereocenters. The van der Waals surface area contributed by atoms with Crippen LogP contribution in [0.25, 0.3) is 11.1 Å². The summed E-state index contributed by atoms with van der Waals surface area (Å²) < 4.78 is 87.3. The summed E-state index contributed by atoms with van der Waals surface area (Å²) in [5.74, 6) is -5.87.